The lowest BCUT2D eigenvalue weighted by Crippen LogP contribution is -2.42. The van der Waals surface area contributed by atoms with Crippen molar-refractivity contribution in [2.45, 2.75) is 25.1 Å². The number of anilines is 1. The molecule has 4 aromatic rings. The van der Waals surface area contributed by atoms with Crippen LogP contribution in [-0.2, 0) is 11.2 Å². The summed E-state index contributed by atoms with van der Waals surface area (Å²) < 4.78 is 60.7. The highest BCUT2D eigenvalue weighted by molar-refractivity contribution is 5.97. The van der Waals surface area contributed by atoms with Crippen LogP contribution in [0.1, 0.15) is 18.0 Å². The second-order valence-corrected chi connectivity index (χ2v) is 7.91. The molecular weight excluding hydrogens is 456 g/mol. The molecule has 0 radical (unpaired) electrons. The van der Waals surface area contributed by atoms with Gasteiger partial charge in [0.25, 0.3) is 5.91 Å². The van der Waals surface area contributed by atoms with Gasteiger partial charge in [-0.25, -0.2) is 14.1 Å². The number of fused-ring (bicyclic) bond motifs is 2. The van der Waals surface area contributed by atoms with Crippen molar-refractivity contribution in [3.05, 3.63) is 54.1 Å². The minimum atomic E-state index is -4.67. The third-order valence-corrected chi connectivity index (χ3v) is 5.74. The Kier molecular flexibility index (Phi) is 5.22. The van der Waals surface area contributed by atoms with Gasteiger partial charge in [-0.1, -0.05) is 11.3 Å². The van der Waals surface area contributed by atoms with Crippen molar-refractivity contribution < 1.29 is 27.1 Å². The van der Waals surface area contributed by atoms with Crippen LogP contribution in [0.15, 0.2) is 42.7 Å². The van der Waals surface area contributed by atoms with E-state index in [1.807, 2.05) is 0 Å². The lowest BCUT2D eigenvalue weighted by atomic mass is 10.1. The Morgan fingerprint density at radius 1 is 1.26 bits per heavy atom. The molecule has 0 bridgehead atoms. The Bertz CT molecular complexity index is 1380. The predicted octanol–water partition coefficient (Wildman–Crippen LogP) is 4.05. The van der Waals surface area contributed by atoms with Crippen LogP contribution in [0.4, 0.5) is 23.2 Å². The molecule has 0 fully saturated rings. The molecule has 0 saturated carbocycles. The number of amides is 1. The average molecular weight is 474 g/mol. The summed E-state index contributed by atoms with van der Waals surface area (Å²) in [6.45, 7) is -1.53. The number of pyridine rings is 1. The smallest absolute Gasteiger partial charge is 0.406 e. The zero-order chi connectivity index (χ0) is 24.0. The normalized spacial score (nSPS) is 16.6. The number of hydrogen-bond acceptors (Lipinski definition) is 5. The van der Waals surface area contributed by atoms with Crippen LogP contribution >= 0.6 is 0 Å². The van der Waals surface area contributed by atoms with Gasteiger partial charge in [0.2, 0.25) is 5.88 Å². The Morgan fingerprint density at radius 2 is 2.09 bits per heavy atom. The van der Waals surface area contributed by atoms with Crippen LogP contribution in [0.25, 0.3) is 22.3 Å². The van der Waals surface area contributed by atoms with Crippen LogP contribution in [0.5, 0.6) is 5.88 Å². The number of halogens is 4. The van der Waals surface area contributed by atoms with E-state index in [0.717, 1.165) is 10.9 Å². The summed E-state index contributed by atoms with van der Waals surface area (Å²) in [4.78, 5) is 21.1. The first kappa shape index (κ1) is 21.9. The highest BCUT2D eigenvalue weighted by atomic mass is 19.4. The van der Waals surface area contributed by atoms with Gasteiger partial charge < -0.3 is 14.6 Å². The zero-order valence-electron chi connectivity index (χ0n) is 17.8. The molecule has 1 N–H and O–H groups in total. The molecule has 4 heterocycles. The number of carbonyl (C=O) groups excluding carboxylic acids is 1. The van der Waals surface area contributed by atoms with Gasteiger partial charge in [-0.2, -0.15) is 13.2 Å². The lowest BCUT2D eigenvalue weighted by molar-refractivity contribution is -0.134. The molecule has 1 amide bonds. The standard InChI is InChI=1S/C22H18F4N6O2/c1-34-20-8-12-7-15(28-16(12)9-27-20)17-10-32(30-29-17)19-6-5-13-14(23)3-2-4-18(13)31(21(19)33)11-22(24,25)26/h2-4,7-10,19,28H,5-6,11H2,1H3. The summed E-state index contributed by atoms with van der Waals surface area (Å²) >= 11 is 0. The zero-order valence-corrected chi connectivity index (χ0v) is 17.8. The average Bonchev–Trinajstić information content (AvgIpc) is 3.41. The van der Waals surface area contributed by atoms with E-state index in [2.05, 4.69) is 20.3 Å². The van der Waals surface area contributed by atoms with Gasteiger partial charge >= 0.3 is 6.18 Å². The van der Waals surface area contributed by atoms with E-state index in [1.54, 1.807) is 18.3 Å². The lowest BCUT2D eigenvalue weighted by Gasteiger charge is -2.26. The number of methoxy groups -OCH3 is 1. The molecule has 0 spiro atoms. The fourth-order valence-electron chi connectivity index (χ4n) is 4.15. The van der Waals surface area contributed by atoms with Gasteiger partial charge in [-0.05, 0) is 31.0 Å². The number of aromatic nitrogens is 5. The number of hydrogen-bond donors (Lipinski definition) is 1. The monoisotopic (exact) mass is 474 g/mol. The topological polar surface area (TPSA) is 88.9 Å². The Morgan fingerprint density at radius 3 is 2.85 bits per heavy atom. The van der Waals surface area contributed by atoms with E-state index in [-0.39, 0.29) is 24.1 Å². The van der Waals surface area contributed by atoms with Crippen molar-refractivity contribution in [1.29, 1.82) is 0 Å². The van der Waals surface area contributed by atoms with Gasteiger partial charge in [0.15, 0.2) is 0 Å². The van der Waals surface area contributed by atoms with Crippen molar-refractivity contribution in [3.63, 3.8) is 0 Å². The maximum Gasteiger partial charge on any atom is 0.406 e. The molecule has 0 aliphatic carbocycles. The molecule has 1 atom stereocenters. The first-order valence-corrected chi connectivity index (χ1v) is 10.3. The molecule has 12 heteroatoms. The number of H-pyrrole nitrogens is 1. The number of benzene rings is 1. The molecule has 8 nitrogen and oxygen atoms in total. The first-order chi connectivity index (χ1) is 16.2. The van der Waals surface area contributed by atoms with E-state index in [1.165, 1.54) is 36.2 Å². The van der Waals surface area contributed by atoms with Crippen molar-refractivity contribution in [2.75, 3.05) is 18.6 Å². The molecule has 5 rings (SSSR count). The third kappa shape index (κ3) is 3.95. The van der Waals surface area contributed by atoms with Crippen LogP contribution in [0, 0.1) is 5.82 Å². The number of alkyl halides is 3. The van der Waals surface area contributed by atoms with E-state index in [4.69, 9.17) is 4.74 Å². The minimum Gasteiger partial charge on any atom is -0.481 e. The summed E-state index contributed by atoms with van der Waals surface area (Å²) in [6, 6.07) is 6.23. The molecular formula is C22H18F4N6O2. The molecule has 1 unspecified atom stereocenters. The summed E-state index contributed by atoms with van der Waals surface area (Å²) in [5, 5.41) is 8.92. The molecule has 3 aromatic heterocycles. The molecule has 1 aromatic carbocycles. The molecule has 34 heavy (non-hydrogen) atoms. The van der Waals surface area contributed by atoms with E-state index >= 15 is 0 Å². The number of rotatable bonds is 4. The molecule has 176 valence electrons. The van der Waals surface area contributed by atoms with Gasteiger partial charge in [0.1, 0.15) is 24.1 Å². The predicted molar refractivity (Wildman–Crippen MR) is 114 cm³/mol. The highest BCUT2D eigenvalue weighted by Crippen LogP contribution is 2.35. The maximum atomic E-state index is 14.4. The maximum absolute atomic E-state index is 14.4. The quantitative estimate of drug-likeness (QED) is 0.451. The number of ether oxygens (including phenoxy) is 1. The second-order valence-electron chi connectivity index (χ2n) is 7.91. The summed E-state index contributed by atoms with van der Waals surface area (Å²) in [5.74, 6) is -1.05. The fraction of sp³-hybridized carbons (Fsp3) is 0.273. The molecule has 0 saturated heterocycles. The highest BCUT2D eigenvalue weighted by Gasteiger charge is 2.40. The Balaban J connectivity index is 1.50. The van der Waals surface area contributed by atoms with Crippen LogP contribution in [0.3, 0.4) is 0 Å². The molecule has 1 aliphatic rings. The summed E-state index contributed by atoms with van der Waals surface area (Å²) in [7, 11) is 1.50. The number of carbonyl (C=O) groups is 1. The number of nitrogens with zero attached hydrogens (tertiary/aromatic N) is 5. The number of aromatic amines is 1. The van der Waals surface area contributed by atoms with E-state index < -0.39 is 30.5 Å². The fourth-order valence-corrected chi connectivity index (χ4v) is 4.15. The van der Waals surface area contributed by atoms with Crippen LogP contribution < -0.4 is 9.64 Å². The SMILES string of the molecule is COc1cc2cc(-c3cn(C4CCc5c(F)cccc5N(CC(F)(F)F)C4=O)nn3)[nH]c2cn1. The summed E-state index contributed by atoms with van der Waals surface area (Å²) in [6.07, 6.45) is -1.45. The minimum absolute atomic E-state index is 0.0672. The van der Waals surface area contributed by atoms with Gasteiger partial charge in [-0.15, -0.1) is 5.10 Å². The van der Waals surface area contributed by atoms with Crippen LogP contribution in [0.2, 0.25) is 0 Å². The first-order valence-electron chi connectivity index (χ1n) is 10.3. The van der Waals surface area contributed by atoms with Crippen molar-refractivity contribution in [2.24, 2.45) is 0 Å². The van der Waals surface area contributed by atoms with Gasteiger partial charge in [0, 0.05) is 17.0 Å². The Labute approximate surface area is 190 Å². The second kappa shape index (κ2) is 8.12. The van der Waals surface area contributed by atoms with Crippen LogP contribution in [-0.4, -0.2) is 50.7 Å². The molecule has 1 aliphatic heterocycles. The van der Waals surface area contributed by atoms with E-state index in [9.17, 15) is 22.4 Å². The van der Waals surface area contributed by atoms with Crippen molar-refractivity contribution in [1.82, 2.24) is 25.0 Å². The van der Waals surface area contributed by atoms with Gasteiger partial charge in [0.05, 0.1) is 36.4 Å². The summed E-state index contributed by atoms with van der Waals surface area (Å²) in [5.41, 5.74) is 1.68. The van der Waals surface area contributed by atoms with Crippen molar-refractivity contribution in [3.8, 4) is 17.3 Å². The van der Waals surface area contributed by atoms with Crippen molar-refractivity contribution >= 4 is 22.5 Å². The van der Waals surface area contributed by atoms with E-state index in [0.29, 0.717) is 22.2 Å². The third-order valence-electron chi connectivity index (χ3n) is 5.74. The largest absolute Gasteiger partial charge is 0.481 e. The van der Waals surface area contributed by atoms with Gasteiger partial charge in [-0.3, -0.25) is 4.79 Å². The number of nitrogens with one attached hydrogen (secondary N) is 1. The Hall–Kier alpha value is -3.96.